The molecule has 4 N–H and O–H groups in total. The van der Waals surface area contributed by atoms with Gasteiger partial charge in [0.2, 0.25) is 5.91 Å². The second kappa shape index (κ2) is 13.6. The quantitative estimate of drug-likeness (QED) is 0.135. The summed E-state index contributed by atoms with van der Waals surface area (Å²) in [5.74, 6) is -0.651. The van der Waals surface area contributed by atoms with Crippen molar-refractivity contribution in [3.63, 3.8) is 0 Å². The van der Waals surface area contributed by atoms with Gasteiger partial charge in [0.15, 0.2) is 0 Å². The smallest absolute Gasteiger partial charge is 0.265 e. The first kappa shape index (κ1) is 28.6. The molecule has 214 valence electrons. The average molecular weight is 553 g/mol. The second-order valence-electron chi connectivity index (χ2n) is 11.0. The van der Waals surface area contributed by atoms with E-state index in [9.17, 15) is 14.4 Å². The van der Waals surface area contributed by atoms with Crippen LogP contribution in [0.25, 0.3) is 10.8 Å². The number of nitrogens with two attached hydrogens (primary N) is 1. The van der Waals surface area contributed by atoms with Gasteiger partial charge in [-0.25, -0.2) is 4.90 Å². The number of anilines is 2. The van der Waals surface area contributed by atoms with Crippen molar-refractivity contribution in [1.82, 2.24) is 5.32 Å². The Morgan fingerprint density at radius 2 is 1.71 bits per heavy atom. The van der Waals surface area contributed by atoms with Crippen LogP contribution < -0.4 is 21.3 Å². The van der Waals surface area contributed by atoms with Gasteiger partial charge in [-0.05, 0) is 93.8 Å². The van der Waals surface area contributed by atoms with Crippen LogP contribution in [0.5, 0.6) is 0 Å². The standard InChI is InChI=1S/C34H40N4O3/c35-20-5-2-6-21-36-30-17-16-29-32-27(30)13-8-14-28(32)33(40)38(34(29)41)26-12-7-11-25(23-26)15-18-31(39)37-22-19-24-9-3-1-4-10-24/h7-9,11-14,16-17,23,36H,1-6,10,15,18-22,35H2,(H,37,39). The molecular weight excluding hydrogens is 512 g/mol. The van der Waals surface area contributed by atoms with E-state index in [4.69, 9.17) is 5.73 Å². The molecule has 0 atom stereocenters. The number of allylic oxidation sites excluding steroid dienone is 1. The number of aryl methyl sites for hydroxylation is 1. The summed E-state index contributed by atoms with van der Waals surface area (Å²) in [6, 6.07) is 16.7. The van der Waals surface area contributed by atoms with Crippen LogP contribution in [0.15, 0.2) is 66.2 Å². The van der Waals surface area contributed by atoms with E-state index < -0.39 is 0 Å². The van der Waals surface area contributed by atoms with Crippen molar-refractivity contribution >= 4 is 39.9 Å². The number of unbranched alkanes of at least 4 members (excludes halogenated alkanes) is 2. The number of carbonyl (C=O) groups excluding carboxylic acids is 3. The number of amides is 3. The van der Waals surface area contributed by atoms with E-state index in [1.807, 2.05) is 42.5 Å². The zero-order valence-electron chi connectivity index (χ0n) is 23.7. The van der Waals surface area contributed by atoms with Crippen LogP contribution in [0.1, 0.15) is 84.1 Å². The minimum atomic E-state index is -0.333. The molecule has 1 aliphatic carbocycles. The third-order valence-electron chi connectivity index (χ3n) is 8.07. The maximum Gasteiger partial charge on any atom is 0.265 e. The molecule has 0 unspecified atom stereocenters. The third kappa shape index (κ3) is 6.68. The van der Waals surface area contributed by atoms with Gasteiger partial charge in [-0.3, -0.25) is 14.4 Å². The predicted octanol–water partition coefficient (Wildman–Crippen LogP) is 6.12. The van der Waals surface area contributed by atoms with Crippen LogP contribution in [-0.4, -0.2) is 37.4 Å². The topological polar surface area (TPSA) is 105 Å². The van der Waals surface area contributed by atoms with Gasteiger partial charge in [-0.2, -0.15) is 0 Å². The number of hydrogen-bond donors (Lipinski definition) is 3. The van der Waals surface area contributed by atoms with Crippen LogP contribution in [0.4, 0.5) is 11.4 Å². The molecule has 0 bridgehead atoms. The summed E-state index contributed by atoms with van der Waals surface area (Å²) in [5, 5.41) is 8.07. The first-order valence-electron chi connectivity index (χ1n) is 15.0. The second-order valence-corrected chi connectivity index (χ2v) is 11.0. The van der Waals surface area contributed by atoms with Crippen LogP contribution in [0.3, 0.4) is 0 Å². The number of carbonyl (C=O) groups is 3. The fraction of sp³-hybridized carbons (Fsp3) is 0.382. The number of imide groups is 1. The summed E-state index contributed by atoms with van der Waals surface area (Å²) in [4.78, 5) is 41.1. The molecule has 0 fully saturated rings. The minimum absolute atomic E-state index is 0.0151. The number of nitrogens with one attached hydrogen (secondary N) is 2. The highest BCUT2D eigenvalue weighted by Crippen LogP contribution is 2.36. The molecule has 41 heavy (non-hydrogen) atoms. The van der Waals surface area contributed by atoms with Gasteiger partial charge in [0.05, 0.1) is 5.69 Å². The molecule has 7 heteroatoms. The van der Waals surface area contributed by atoms with Gasteiger partial charge >= 0.3 is 0 Å². The number of benzene rings is 3. The summed E-state index contributed by atoms with van der Waals surface area (Å²) < 4.78 is 0. The molecular formula is C34H40N4O3. The van der Waals surface area contributed by atoms with E-state index in [1.165, 1.54) is 23.3 Å². The predicted molar refractivity (Wildman–Crippen MR) is 165 cm³/mol. The fourth-order valence-electron chi connectivity index (χ4n) is 5.85. The highest BCUT2D eigenvalue weighted by molar-refractivity contribution is 6.36. The Bertz CT molecular complexity index is 1440. The Morgan fingerprint density at radius 3 is 2.51 bits per heavy atom. The monoisotopic (exact) mass is 552 g/mol. The largest absolute Gasteiger partial charge is 0.385 e. The molecule has 2 aliphatic rings. The van der Waals surface area contributed by atoms with Crippen molar-refractivity contribution in [3.05, 3.63) is 82.9 Å². The maximum atomic E-state index is 13.7. The Kier molecular flexibility index (Phi) is 9.47. The number of rotatable bonds is 13. The van der Waals surface area contributed by atoms with Crippen molar-refractivity contribution in [3.8, 4) is 0 Å². The van der Waals surface area contributed by atoms with E-state index >= 15 is 0 Å². The summed E-state index contributed by atoms with van der Waals surface area (Å²) in [5.41, 5.74) is 10.4. The lowest BCUT2D eigenvalue weighted by molar-refractivity contribution is -0.121. The summed E-state index contributed by atoms with van der Waals surface area (Å²) in [6.45, 7) is 2.16. The lowest BCUT2D eigenvalue weighted by Crippen LogP contribution is -2.40. The Morgan fingerprint density at radius 1 is 0.878 bits per heavy atom. The molecule has 3 aromatic carbocycles. The summed E-state index contributed by atoms with van der Waals surface area (Å²) in [6.07, 6.45) is 12.0. The Labute approximate surface area is 242 Å². The van der Waals surface area contributed by atoms with Crippen LogP contribution in [0, 0.1) is 0 Å². The van der Waals surface area contributed by atoms with E-state index in [2.05, 4.69) is 16.7 Å². The molecule has 1 aliphatic heterocycles. The van der Waals surface area contributed by atoms with Crippen molar-refractivity contribution < 1.29 is 14.4 Å². The number of hydrogen-bond acceptors (Lipinski definition) is 5. The molecule has 0 saturated heterocycles. The van der Waals surface area contributed by atoms with Crippen molar-refractivity contribution in [1.29, 1.82) is 0 Å². The van der Waals surface area contributed by atoms with E-state index in [0.717, 1.165) is 61.7 Å². The van der Waals surface area contributed by atoms with Crippen LogP contribution >= 0.6 is 0 Å². The van der Waals surface area contributed by atoms with Gasteiger partial charge in [0, 0.05) is 47.1 Å². The number of nitrogens with zero attached hydrogens (tertiary/aromatic N) is 1. The molecule has 3 aromatic rings. The van der Waals surface area contributed by atoms with Gasteiger partial charge in [-0.15, -0.1) is 0 Å². The van der Waals surface area contributed by atoms with Gasteiger partial charge < -0.3 is 16.4 Å². The third-order valence-corrected chi connectivity index (χ3v) is 8.07. The van der Waals surface area contributed by atoms with Gasteiger partial charge in [0.1, 0.15) is 0 Å². The molecule has 0 spiro atoms. The van der Waals surface area contributed by atoms with Crippen LogP contribution in [-0.2, 0) is 11.2 Å². The summed E-state index contributed by atoms with van der Waals surface area (Å²) in [7, 11) is 0. The molecule has 3 amide bonds. The van der Waals surface area contributed by atoms with Crippen LogP contribution in [0.2, 0.25) is 0 Å². The highest BCUT2D eigenvalue weighted by atomic mass is 16.2. The lowest BCUT2D eigenvalue weighted by Gasteiger charge is -2.28. The molecule has 0 aromatic heterocycles. The molecule has 5 rings (SSSR count). The normalized spacial score (nSPS) is 14.8. The zero-order valence-corrected chi connectivity index (χ0v) is 23.7. The van der Waals surface area contributed by atoms with E-state index in [-0.39, 0.29) is 17.7 Å². The summed E-state index contributed by atoms with van der Waals surface area (Å²) >= 11 is 0. The first-order valence-corrected chi connectivity index (χ1v) is 15.0. The molecule has 0 saturated carbocycles. The molecule has 0 radical (unpaired) electrons. The molecule has 1 heterocycles. The Hall–Kier alpha value is -3.97. The van der Waals surface area contributed by atoms with E-state index in [0.29, 0.717) is 48.1 Å². The molecule has 7 nitrogen and oxygen atoms in total. The highest BCUT2D eigenvalue weighted by Gasteiger charge is 2.34. The lowest BCUT2D eigenvalue weighted by atomic mass is 9.92. The fourth-order valence-corrected chi connectivity index (χ4v) is 5.85. The Balaban J connectivity index is 1.26. The minimum Gasteiger partial charge on any atom is -0.385 e. The SMILES string of the molecule is NCCCCCNc1ccc2c3c(cccc13)C(=O)N(c1cccc(CCC(=O)NCCC3=CCCCC3)c1)C2=O. The first-order chi connectivity index (χ1) is 20.1. The zero-order chi connectivity index (χ0) is 28.6. The van der Waals surface area contributed by atoms with Gasteiger partial charge in [0.25, 0.3) is 11.8 Å². The average Bonchev–Trinajstić information content (AvgIpc) is 3.00. The maximum absolute atomic E-state index is 13.7. The van der Waals surface area contributed by atoms with Crippen molar-refractivity contribution in [2.75, 3.05) is 29.9 Å². The van der Waals surface area contributed by atoms with Crippen molar-refractivity contribution in [2.24, 2.45) is 5.73 Å². The van der Waals surface area contributed by atoms with Gasteiger partial charge in [-0.1, -0.05) is 42.3 Å². The van der Waals surface area contributed by atoms with E-state index in [1.54, 1.807) is 12.1 Å². The van der Waals surface area contributed by atoms with Crippen molar-refractivity contribution in [2.45, 2.75) is 64.2 Å².